The molecule has 0 rings (SSSR count). The Bertz CT molecular complexity index is 201. The average Bonchev–Trinajstić information content (AvgIpc) is 2.25. The van der Waals surface area contributed by atoms with Gasteiger partial charge in [0.2, 0.25) is 0 Å². The first-order chi connectivity index (χ1) is 7.54. The highest BCUT2D eigenvalue weighted by Crippen LogP contribution is 2.13. The molecule has 1 atom stereocenters. The molecule has 0 spiro atoms. The molecular formula is C15H31N. The molecule has 0 radical (unpaired) electrons. The summed E-state index contributed by atoms with van der Waals surface area (Å²) >= 11 is 0. The van der Waals surface area contributed by atoms with Crippen molar-refractivity contribution in [3.05, 3.63) is 11.1 Å². The van der Waals surface area contributed by atoms with Gasteiger partial charge in [-0.15, -0.1) is 0 Å². The zero-order chi connectivity index (χ0) is 12.6. The van der Waals surface area contributed by atoms with Crippen LogP contribution in [0.15, 0.2) is 11.1 Å². The van der Waals surface area contributed by atoms with Crippen LogP contribution in [0.4, 0.5) is 0 Å². The molecule has 16 heavy (non-hydrogen) atoms. The molecule has 96 valence electrons. The molecule has 0 heterocycles. The van der Waals surface area contributed by atoms with Crippen molar-refractivity contribution in [2.75, 3.05) is 19.6 Å². The van der Waals surface area contributed by atoms with Gasteiger partial charge >= 0.3 is 0 Å². The van der Waals surface area contributed by atoms with Crippen LogP contribution in [0.1, 0.15) is 60.8 Å². The fourth-order valence-corrected chi connectivity index (χ4v) is 2.01. The Kier molecular flexibility index (Phi) is 8.64. The van der Waals surface area contributed by atoms with E-state index in [-0.39, 0.29) is 0 Å². The summed E-state index contributed by atoms with van der Waals surface area (Å²) in [4.78, 5) is 2.62. The Balaban J connectivity index is 4.37. The van der Waals surface area contributed by atoms with Gasteiger partial charge in [0, 0.05) is 13.1 Å². The third kappa shape index (κ3) is 6.32. The lowest BCUT2D eigenvalue weighted by Crippen LogP contribution is -2.31. The molecule has 0 N–H and O–H groups in total. The summed E-state index contributed by atoms with van der Waals surface area (Å²) in [6.07, 6.45) is 3.75. The van der Waals surface area contributed by atoms with Crippen molar-refractivity contribution in [2.24, 2.45) is 5.92 Å². The van der Waals surface area contributed by atoms with Gasteiger partial charge in [-0.3, -0.25) is 4.90 Å². The lowest BCUT2D eigenvalue weighted by atomic mass is 10.1. The van der Waals surface area contributed by atoms with Crippen molar-refractivity contribution in [1.82, 2.24) is 4.90 Å². The van der Waals surface area contributed by atoms with Crippen molar-refractivity contribution in [2.45, 2.75) is 60.8 Å². The van der Waals surface area contributed by atoms with Gasteiger partial charge in [-0.25, -0.2) is 0 Å². The number of hydrogen-bond acceptors (Lipinski definition) is 1. The first-order valence-electron chi connectivity index (χ1n) is 6.92. The summed E-state index contributed by atoms with van der Waals surface area (Å²) in [5, 5.41) is 0. The second-order valence-electron chi connectivity index (χ2n) is 5.21. The van der Waals surface area contributed by atoms with Crippen LogP contribution in [0.5, 0.6) is 0 Å². The largest absolute Gasteiger partial charge is 0.299 e. The molecule has 1 nitrogen and oxygen atoms in total. The quantitative estimate of drug-likeness (QED) is 0.550. The van der Waals surface area contributed by atoms with Crippen LogP contribution < -0.4 is 0 Å². The van der Waals surface area contributed by atoms with Crippen LogP contribution in [-0.2, 0) is 0 Å². The Morgan fingerprint density at radius 1 is 1.12 bits per heavy atom. The second kappa shape index (κ2) is 8.81. The molecule has 1 unspecified atom stereocenters. The Labute approximate surface area is 103 Å². The van der Waals surface area contributed by atoms with Crippen molar-refractivity contribution in [3.63, 3.8) is 0 Å². The first-order valence-corrected chi connectivity index (χ1v) is 6.92. The van der Waals surface area contributed by atoms with Gasteiger partial charge in [0.1, 0.15) is 0 Å². The van der Waals surface area contributed by atoms with Crippen LogP contribution in [0.2, 0.25) is 0 Å². The Hall–Kier alpha value is -0.300. The molecule has 1 heteroatoms. The summed E-state index contributed by atoms with van der Waals surface area (Å²) < 4.78 is 0. The van der Waals surface area contributed by atoms with Gasteiger partial charge in [-0.05, 0) is 39.2 Å². The van der Waals surface area contributed by atoms with E-state index in [1.807, 2.05) is 0 Å². The zero-order valence-electron chi connectivity index (χ0n) is 12.3. The number of hydrogen-bond donors (Lipinski definition) is 0. The van der Waals surface area contributed by atoms with E-state index in [9.17, 15) is 0 Å². The van der Waals surface area contributed by atoms with Gasteiger partial charge in [0.05, 0.1) is 0 Å². The minimum atomic E-state index is 0.821. The van der Waals surface area contributed by atoms with E-state index in [2.05, 4.69) is 46.4 Å². The predicted molar refractivity (Wildman–Crippen MR) is 74.9 cm³/mol. The van der Waals surface area contributed by atoms with E-state index < -0.39 is 0 Å². The Morgan fingerprint density at radius 3 is 2.12 bits per heavy atom. The maximum Gasteiger partial charge on any atom is 0.0195 e. The lowest BCUT2D eigenvalue weighted by Gasteiger charge is -2.26. The summed E-state index contributed by atoms with van der Waals surface area (Å²) in [6, 6.07) is 0. The minimum absolute atomic E-state index is 0.821. The number of rotatable bonds is 8. The van der Waals surface area contributed by atoms with Crippen molar-refractivity contribution in [1.29, 1.82) is 0 Å². The Morgan fingerprint density at radius 2 is 1.75 bits per heavy atom. The van der Waals surface area contributed by atoms with Gasteiger partial charge in [-0.1, -0.05) is 45.3 Å². The maximum absolute atomic E-state index is 2.62. The van der Waals surface area contributed by atoms with Gasteiger partial charge in [0.15, 0.2) is 0 Å². The minimum Gasteiger partial charge on any atom is -0.299 e. The van der Waals surface area contributed by atoms with E-state index in [0.717, 1.165) is 5.92 Å². The predicted octanol–water partition coefficient (Wildman–Crippen LogP) is 4.49. The van der Waals surface area contributed by atoms with Crippen molar-refractivity contribution < 1.29 is 0 Å². The number of allylic oxidation sites excluding steroid dienone is 1. The lowest BCUT2D eigenvalue weighted by molar-refractivity contribution is 0.250. The van der Waals surface area contributed by atoms with E-state index in [1.54, 1.807) is 5.57 Å². The second-order valence-corrected chi connectivity index (χ2v) is 5.21. The molecule has 0 aliphatic carbocycles. The topological polar surface area (TPSA) is 3.24 Å². The summed E-state index contributed by atoms with van der Waals surface area (Å²) in [7, 11) is 0. The highest BCUT2D eigenvalue weighted by atomic mass is 15.1. The fourth-order valence-electron chi connectivity index (χ4n) is 2.01. The molecular weight excluding hydrogens is 194 g/mol. The highest BCUT2D eigenvalue weighted by molar-refractivity contribution is 5.11. The molecule has 0 amide bonds. The molecule has 0 saturated carbocycles. The third-order valence-corrected chi connectivity index (χ3v) is 3.35. The molecule has 0 fully saturated rings. The molecule has 0 aromatic heterocycles. The molecule has 0 saturated heterocycles. The molecule has 0 aliphatic heterocycles. The molecule has 0 aromatic rings. The third-order valence-electron chi connectivity index (χ3n) is 3.35. The van der Waals surface area contributed by atoms with Crippen molar-refractivity contribution >= 4 is 0 Å². The van der Waals surface area contributed by atoms with E-state index in [4.69, 9.17) is 0 Å². The van der Waals surface area contributed by atoms with Gasteiger partial charge in [0.25, 0.3) is 0 Å². The van der Waals surface area contributed by atoms with E-state index in [1.165, 1.54) is 44.5 Å². The van der Waals surface area contributed by atoms with Crippen LogP contribution in [0, 0.1) is 5.92 Å². The van der Waals surface area contributed by atoms with E-state index >= 15 is 0 Å². The average molecular weight is 225 g/mol. The zero-order valence-corrected chi connectivity index (χ0v) is 12.3. The summed E-state index contributed by atoms with van der Waals surface area (Å²) in [5.41, 5.74) is 3.13. The van der Waals surface area contributed by atoms with Crippen molar-refractivity contribution in [3.8, 4) is 0 Å². The SMILES string of the molecule is CCCN(CC(CC)=C(C)C)CC(C)CC. The molecule has 0 aliphatic rings. The summed E-state index contributed by atoms with van der Waals surface area (Å²) in [5.74, 6) is 0.821. The van der Waals surface area contributed by atoms with Gasteiger partial charge in [-0.2, -0.15) is 0 Å². The first kappa shape index (κ1) is 15.7. The van der Waals surface area contributed by atoms with E-state index in [0.29, 0.717) is 0 Å². The maximum atomic E-state index is 2.62. The monoisotopic (exact) mass is 225 g/mol. The standard InChI is InChI=1S/C15H31N/c1-7-10-16(11-14(6)8-2)12-15(9-3)13(4)5/h14H,7-12H2,1-6H3. The van der Waals surface area contributed by atoms with Crippen LogP contribution in [-0.4, -0.2) is 24.5 Å². The fraction of sp³-hybridized carbons (Fsp3) is 0.867. The normalized spacial score (nSPS) is 12.9. The van der Waals surface area contributed by atoms with Crippen LogP contribution in [0.3, 0.4) is 0 Å². The van der Waals surface area contributed by atoms with Crippen LogP contribution in [0.25, 0.3) is 0 Å². The smallest absolute Gasteiger partial charge is 0.0195 e. The molecule has 0 bridgehead atoms. The number of nitrogens with zero attached hydrogens (tertiary/aromatic N) is 1. The highest BCUT2D eigenvalue weighted by Gasteiger charge is 2.10. The van der Waals surface area contributed by atoms with Crippen LogP contribution >= 0.6 is 0 Å². The van der Waals surface area contributed by atoms with Gasteiger partial charge < -0.3 is 0 Å². The summed E-state index contributed by atoms with van der Waals surface area (Å²) in [6.45, 7) is 17.3. The molecule has 0 aromatic carbocycles.